The molecular formula is C21H24N4O2. The summed E-state index contributed by atoms with van der Waals surface area (Å²) in [5.74, 6) is -0.258. The monoisotopic (exact) mass is 364 g/mol. The maximum Gasteiger partial charge on any atom is 0.188 e. The van der Waals surface area contributed by atoms with Gasteiger partial charge in [0.2, 0.25) is 0 Å². The average molecular weight is 364 g/mol. The van der Waals surface area contributed by atoms with Crippen LogP contribution in [0, 0.1) is 0 Å². The highest BCUT2D eigenvalue weighted by Crippen LogP contribution is 2.27. The van der Waals surface area contributed by atoms with Gasteiger partial charge in [-0.3, -0.25) is 4.79 Å². The van der Waals surface area contributed by atoms with Crippen LogP contribution in [0.5, 0.6) is 0 Å². The molecule has 4 rings (SSSR count). The van der Waals surface area contributed by atoms with E-state index < -0.39 is 6.61 Å². The van der Waals surface area contributed by atoms with Crippen molar-refractivity contribution in [1.82, 2.24) is 14.5 Å². The number of hydrogen-bond donors (Lipinski definition) is 1. The van der Waals surface area contributed by atoms with Crippen LogP contribution >= 0.6 is 0 Å². The first-order valence-corrected chi connectivity index (χ1v) is 9.26. The Balaban J connectivity index is 1.58. The molecule has 1 aliphatic rings. The van der Waals surface area contributed by atoms with Gasteiger partial charge in [-0.15, -0.1) is 0 Å². The van der Waals surface area contributed by atoms with Gasteiger partial charge in [-0.25, -0.2) is 4.98 Å². The Hall–Kier alpha value is -2.70. The predicted octanol–water partition coefficient (Wildman–Crippen LogP) is 2.01. The van der Waals surface area contributed by atoms with Crippen molar-refractivity contribution in [3.63, 3.8) is 0 Å². The van der Waals surface area contributed by atoms with Crippen LogP contribution in [-0.4, -0.2) is 65.2 Å². The van der Waals surface area contributed by atoms with Gasteiger partial charge in [-0.2, -0.15) is 0 Å². The van der Waals surface area contributed by atoms with Crippen molar-refractivity contribution in [1.29, 1.82) is 0 Å². The number of carbonyl (C=O) groups is 1. The van der Waals surface area contributed by atoms with Gasteiger partial charge in [-0.1, -0.05) is 24.3 Å². The van der Waals surface area contributed by atoms with Crippen LogP contribution in [0.3, 0.4) is 0 Å². The lowest BCUT2D eigenvalue weighted by Crippen LogP contribution is -2.44. The first-order valence-electron chi connectivity index (χ1n) is 9.26. The largest absolute Gasteiger partial charge is 0.388 e. The van der Waals surface area contributed by atoms with Crippen molar-refractivity contribution < 1.29 is 9.90 Å². The summed E-state index contributed by atoms with van der Waals surface area (Å²) in [6.45, 7) is 4.44. The Morgan fingerprint density at radius 1 is 1.07 bits per heavy atom. The highest BCUT2D eigenvalue weighted by molar-refractivity contribution is 5.96. The summed E-state index contributed by atoms with van der Waals surface area (Å²) in [4.78, 5) is 20.9. The maximum atomic E-state index is 11.6. The Kier molecular flexibility index (Phi) is 4.92. The number of Topliss-reactive ketones (excluding diaryl/α,β-unsaturated/α-hetero) is 1. The molecule has 0 spiro atoms. The van der Waals surface area contributed by atoms with Crippen LogP contribution in [-0.2, 0) is 6.54 Å². The van der Waals surface area contributed by atoms with Crippen LogP contribution in [0.2, 0.25) is 0 Å². The van der Waals surface area contributed by atoms with E-state index in [1.54, 1.807) is 12.1 Å². The number of pyridine rings is 1. The third kappa shape index (κ3) is 3.59. The smallest absolute Gasteiger partial charge is 0.188 e. The Morgan fingerprint density at radius 2 is 1.81 bits per heavy atom. The zero-order valence-corrected chi connectivity index (χ0v) is 15.5. The molecule has 2 aromatic heterocycles. The molecule has 140 valence electrons. The number of aromatic nitrogens is 2. The zero-order chi connectivity index (χ0) is 18.8. The minimum Gasteiger partial charge on any atom is -0.388 e. The number of hydrogen-bond acceptors (Lipinski definition) is 5. The third-order valence-corrected chi connectivity index (χ3v) is 5.26. The van der Waals surface area contributed by atoms with Crippen molar-refractivity contribution in [2.75, 3.05) is 44.7 Å². The zero-order valence-electron chi connectivity index (χ0n) is 15.5. The predicted molar refractivity (Wildman–Crippen MR) is 106 cm³/mol. The van der Waals surface area contributed by atoms with Crippen LogP contribution < -0.4 is 4.90 Å². The second-order valence-electron chi connectivity index (χ2n) is 7.08. The van der Waals surface area contributed by atoms with E-state index in [4.69, 9.17) is 5.11 Å². The molecule has 1 saturated heterocycles. The van der Waals surface area contributed by atoms with Gasteiger partial charge in [0.25, 0.3) is 0 Å². The quantitative estimate of drug-likeness (QED) is 0.702. The molecule has 0 amide bonds. The van der Waals surface area contributed by atoms with E-state index in [-0.39, 0.29) is 5.78 Å². The number of ketones is 1. The van der Waals surface area contributed by atoms with E-state index in [0.29, 0.717) is 12.1 Å². The molecule has 3 heterocycles. The SMILES string of the molecule is CN1CCN(c2ccnc3c2ccn3Cc2ccc(C(=O)CO)cc2)CC1. The highest BCUT2D eigenvalue weighted by atomic mass is 16.3. The fourth-order valence-electron chi connectivity index (χ4n) is 3.61. The highest BCUT2D eigenvalue weighted by Gasteiger charge is 2.17. The van der Waals surface area contributed by atoms with Gasteiger partial charge in [0, 0.05) is 61.8 Å². The molecule has 6 nitrogen and oxygen atoms in total. The van der Waals surface area contributed by atoms with Crippen molar-refractivity contribution in [3.05, 3.63) is 59.9 Å². The Bertz CT molecular complexity index is 940. The molecule has 0 saturated carbocycles. The number of rotatable bonds is 5. The first-order chi connectivity index (χ1) is 13.2. The molecule has 0 unspecified atom stereocenters. The molecule has 1 N–H and O–H groups in total. The molecule has 1 fully saturated rings. The van der Waals surface area contributed by atoms with Gasteiger partial charge < -0.3 is 19.5 Å². The topological polar surface area (TPSA) is 61.6 Å². The summed E-state index contributed by atoms with van der Waals surface area (Å²) in [5.41, 5.74) is 3.85. The maximum absolute atomic E-state index is 11.6. The first kappa shape index (κ1) is 17.7. The summed E-state index contributed by atoms with van der Waals surface area (Å²) in [6.07, 6.45) is 3.96. The number of fused-ring (bicyclic) bond motifs is 1. The van der Waals surface area contributed by atoms with Crippen LogP contribution in [0.15, 0.2) is 48.8 Å². The number of aliphatic hydroxyl groups is 1. The summed E-state index contributed by atoms with van der Waals surface area (Å²) >= 11 is 0. The number of aliphatic hydroxyl groups excluding tert-OH is 1. The fraction of sp³-hybridized carbons (Fsp3) is 0.333. The lowest BCUT2D eigenvalue weighted by molar-refractivity contribution is 0.0903. The minimum absolute atomic E-state index is 0.258. The standard InChI is InChI=1S/C21H24N4O2/c1-23-10-12-24(13-11-23)19-6-8-22-21-18(19)7-9-25(21)14-16-2-4-17(5-3-16)20(27)15-26/h2-9,26H,10-15H2,1H3. The van der Waals surface area contributed by atoms with E-state index in [1.165, 1.54) is 11.1 Å². The number of likely N-dealkylation sites (N-methyl/N-ethyl adjacent to an activating group) is 1. The summed E-state index contributed by atoms with van der Waals surface area (Å²) < 4.78 is 2.14. The number of nitrogens with zero attached hydrogens (tertiary/aromatic N) is 4. The van der Waals surface area contributed by atoms with E-state index in [9.17, 15) is 4.79 Å². The fourth-order valence-corrected chi connectivity index (χ4v) is 3.61. The van der Waals surface area contributed by atoms with Crippen molar-refractivity contribution >= 4 is 22.5 Å². The van der Waals surface area contributed by atoms with Gasteiger partial charge in [-0.05, 0) is 24.7 Å². The Morgan fingerprint density at radius 3 is 2.52 bits per heavy atom. The molecular weight excluding hydrogens is 340 g/mol. The van der Waals surface area contributed by atoms with E-state index in [2.05, 4.69) is 44.7 Å². The lowest BCUT2D eigenvalue weighted by atomic mass is 10.1. The van der Waals surface area contributed by atoms with E-state index >= 15 is 0 Å². The second kappa shape index (κ2) is 7.50. The third-order valence-electron chi connectivity index (χ3n) is 5.26. The van der Waals surface area contributed by atoms with Gasteiger partial charge in [0.15, 0.2) is 5.78 Å². The molecule has 0 atom stereocenters. The molecule has 1 aromatic carbocycles. The van der Waals surface area contributed by atoms with Gasteiger partial charge >= 0.3 is 0 Å². The van der Waals surface area contributed by atoms with Crippen LogP contribution in [0.4, 0.5) is 5.69 Å². The van der Waals surface area contributed by atoms with E-state index in [0.717, 1.165) is 37.4 Å². The van der Waals surface area contributed by atoms with Gasteiger partial charge in [0.05, 0.1) is 0 Å². The van der Waals surface area contributed by atoms with E-state index in [1.807, 2.05) is 18.3 Å². The summed E-state index contributed by atoms with van der Waals surface area (Å²) in [6, 6.07) is 11.6. The summed E-state index contributed by atoms with van der Waals surface area (Å²) in [5, 5.41) is 10.1. The number of benzene rings is 1. The molecule has 6 heteroatoms. The number of anilines is 1. The molecule has 27 heavy (non-hydrogen) atoms. The normalized spacial score (nSPS) is 15.4. The molecule has 1 aliphatic heterocycles. The number of piperazine rings is 1. The van der Waals surface area contributed by atoms with Crippen molar-refractivity contribution in [2.45, 2.75) is 6.54 Å². The minimum atomic E-state index is -0.458. The lowest BCUT2D eigenvalue weighted by Gasteiger charge is -2.34. The molecule has 0 bridgehead atoms. The van der Waals surface area contributed by atoms with Crippen LogP contribution in [0.25, 0.3) is 11.0 Å². The molecule has 0 aliphatic carbocycles. The van der Waals surface area contributed by atoms with Crippen molar-refractivity contribution in [3.8, 4) is 0 Å². The Labute approximate surface area is 158 Å². The average Bonchev–Trinajstić information content (AvgIpc) is 3.11. The summed E-state index contributed by atoms with van der Waals surface area (Å²) in [7, 11) is 2.16. The second-order valence-corrected chi connectivity index (χ2v) is 7.08. The number of carbonyl (C=O) groups excluding carboxylic acids is 1. The van der Waals surface area contributed by atoms with Crippen molar-refractivity contribution in [2.24, 2.45) is 0 Å². The van der Waals surface area contributed by atoms with Crippen LogP contribution in [0.1, 0.15) is 15.9 Å². The van der Waals surface area contributed by atoms with Gasteiger partial charge in [0.1, 0.15) is 12.3 Å². The molecule has 0 radical (unpaired) electrons. The molecule has 3 aromatic rings.